The van der Waals surface area contributed by atoms with E-state index in [1.54, 1.807) is 6.92 Å². The van der Waals surface area contributed by atoms with Crippen LogP contribution < -0.4 is 5.32 Å². The summed E-state index contributed by atoms with van der Waals surface area (Å²) in [5.41, 5.74) is 0. The van der Waals surface area contributed by atoms with Crippen molar-refractivity contribution < 1.29 is 33.8 Å². The molecule has 112 valence electrons. The van der Waals surface area contributed by atoms with E-state index in [1.807, 2.05) is 0 Å². The molecule has 0 spiro atoms. The number of nitrogens with one attached hydrogen (secondary N) is 1. The summed E-state index contributed by atoms with van der Waals surface area (Å²) in [4.78, 5) is 37.8. The van der Waals surface area contributed by atoms with E-state index in [4.69, 9.17) is 9.90 Å². The SMILES string of the molecule is CC(=O)OCCNC=O.CC(O)COC=O.CC=O. The Bertz CT molecular complexity index is 231. The predicted molar refractivity (Wildman–Crippen MR) is 66.1 cm³/mol. The molecule has 0 saturated heterocycles. The fraction of sp³-hybridized carbons (Fsp3) is 0.636. The summed E-state index contributed by atoms with van der Waals surface area (Å²) in [7, 11) is 0. The standard InChI is InChI=1S/C5H9NO3.C4H8O3.C2H4O/c1-5(8)9-3-2-6-4-7;1-4(6)2-7-3-5;1-2-3/h4H,2-3H2,1H3,(H,6,7);3-4,6H,2H2,1H3;2H,1H3. The van der Waals surface area contributed by atoms with Crippen LogP contribution in [-0.4, -0.2) is 56.1 Å². The Labute approximate surface area is 112 Å². The number of hydrogen-bond donors (Lipinski definition) is 2. The number of aliphatic hydroxyl groups excluding tert-OH is 1. The minimum Gasteiger partial charge on any atom is -0.465 e. The molecule has 1 unspecified atom stereocenters. The van der Waals surface area contributed by atoms with Crippen LogP contribution in [0.5, 0.6) is 0 Å². The van der Waals surface area contributed by atoms with Crippen LogP contribution in [0.15, 0.2) is 0 Å². The van der Waals surface area contributed by atoms with Gasteiger partial charge in [-0.25, -0.2) is 0 Å². The quantitative estimate of drug-likeness (QED) is 0.350. The van der Waals surface area contributed by atoms with Gasteiger partial charge in [0, 0.05) is 6.92 Å². The topological polar surface area (TPSA) is 119 Å². The van der Waals surface area contributed by atoms with Gasteiger partial charge in [-0.2, -0.15) is 0 Å². The van der Waals surface area contributed by atoms with Gasteiger partial charge in [-0.1, -0.05) is 0 Å². The molecule has 0 heterocycles. The van der Waals surface area contributed by atoms with Crippen molar-refractivity contribution in [3.63, 3.8) is 0 Å². The van der Waals surface area contributed by atoms with E-state index in [0.29, 0.717) is 19.4 Å². The van der Waals surface area contributed by atoms with E-state index in [-0.39, 0.29) is 19.2 Å². The third-order valence-corrected chi connectivity index (χ3v) is 1.04. The van der Waals surface area contributed by atoms with Crippen LogP contribution in [-0.2, 0) is 28.7 Å². The van der Waals surface area contributed by atoms with Crippen LogP contribution in [0.3, 0.4) is 0 Å². The molecule has 19 heavy (non-hydrogen) atoms. The van der Waals surface area contributed by atoms with Crippen LogP contribution in [0.1, 0.15) is 20.8 Å². The molecule has 0 bridgehead atoms. The monoisotopic (exact) mass is 279 g/mol. The molecule has 0 radical (unpaired) electrons. The Morgan fingerprint density at radius 2 is 1.89 bits per heavy atom. The van der Waals surface area contributed by atoms with Gasteiger partial charge in [-0.05, 0) is 13.8 Å². The van der Waals surface area contributed by atoms with Crippen LogP contribution in [0.25, 0.3) is 0 Å². The van der Waals surface area contributed by atoms with Crippen molar-refractivity contribution in [3.05, 3.63) is 0 Å². The minimum atomic E-state index is -0.551. The largest absolute Gasteiger partial charge is 0.465 e. The molecule has 1 atom stereocenters. The first kappa shape index (κ1) is 22.2. The maximum Gasteiger partial charge on any atom is 0.302 e. The molecule has 0 saturated carbocycles. The lowest BCUT2D eigenvalue weighted by atomic mass is 10.5. The zero-order valence-corrected chi connectivity index (χ0v) is 11.3. The number of esters is 1. The molecule has 0 aliphatic carbocycles. The van der Waals surface area contributed by atoms with Crippen molar-refractivity contribution in [1.29, 1.82) is 0 Å². The number of aliphatic hydroxyl groups is 1. The van der Waals surface area contributed by atoms with E-state index >= 15 is 0 Å². The molecular weight excluding hydrogens is 258 g/mol. The van der Waals surface area contributed by atoms with Gasteiger partial charge in [0.15, 0.2) is 0 Å². The van der Waals surface area contributed by atoms with Crippen LogP contribution in [0, 0.1) is 0 Å². The van der Waals surface area contributed by atoms with E-state index in [1.165, 1.54) is 13.8 Å². The van der Waals surface area contributed by atoms with Gasteiger partial charge < -0.3 is 24.7 Å². The lowest BCUT2D eigenvalue weighted by Gasteiger charge is -1.98. The van der Waals surface area contributed by atoms with Gasteiger partial charge in [-0.3, -0.25) is 14.4 Å². The van der Waals surface area contributed by atoms with Gasteiger partial charge >= 0.3 is 5.97 Å². The Kier molecular flexibility index (Phi) is 25.0. The Balaban J connectivity index is -0.000000228. The maximum absolute atomic E-state index is 10.1. The Hall–Kier alpha value is -1.96. The number of hydrogen-bond acceptors (Lipinski definition) is 7. The van der Waals surface area contributed by atoms with E-state index in [0.717, 1.165) is 6.29 Å². The first-order chi connectivity index (χ1) is 8.95. The van der Waals surface area contributed by atoms with Gasteiger partial charge in [0.2, 0.25) is 6.41 Å². The Morgan fingerprint density at radius 3 is 2.16 bits per heavy atom. The van der Waals surface area contributed by atoms with E-state index in [2.05, 4.69) is 14.8 Å². The highest BCUT2D eigenvalue weighted by atomic mass is 16.5. The predicted octanol–water partition coefficient (Wildman–Crippen LogP) is -0.959. The molecule has 8 heteroatoms. The fourth-order valence-corrected chi connectivity index (χ4v) is 0.491. The second kappa shape index (κ2) is 21.3. The highest BCUT2D eigenvalue weighted by Crippen LogP contribution is 1.76. The Morgan fingerprint density at radius 1 is 1.37 bits per heavy atom. The summed E-state index contributed by atoms with van der Waals surface area (Å²) in [5.74, 6) is -0.331. The third kappa shape index (κ3) is 48.9. The van der Waals surface area contributed by atoms with Crippen molar-refractivity contribution in [1.82, 2.24) is 5.32 Å². The zero-order chi connectivity index (χ0) is 15.5. The highest BCUT2D eigenvalue weighted by Gasteiger charge is 1.90. The lowest BCUT2D eigenvalue weighted by Crippen LogP contribution is -2.18. The number of ether oxygens (including phenoxy) is 2. The molecule has 8 nitrogen and oxygen atoms in total. The molecule has 0 aromatic carbocycles. The van der Waals surface area contributed by atoms with Gasteiger partial charge in [0.25, 0.3) is 6.47 Å². The van der Waals surface area contributed by atoms with Crippen molar-refractivity contribution in [2.24, 2.45) is 0 Å². The average molecular weight is 279 g/mol. The van der Waals surface area contributed by atoms with Crippen molar-refractivity contribution >= 4 is 25.1 Å². The minimum absolute atomic E-state index is 0.0868. The molecular formula is C11H21NO7. The number of amides is 1. The molecule has 0 aliphatic rings. The average Bonchev–Trinajstić information content (AvgIpc) is 2.33. The number of rotatable bonds is 7. The van der Waals surface area contributed by atoms with E-state index < -0.39 is 6.10 Å². The maximum atomic E-state index is 10.1. The molecule has 0 aromatic rings. The summed E-state index contributed by atoms with van der Waals surface area (Å²) >= 11 is 0. The van der Waals surface area contributed by atoms with Crippen LogP contribution in [0.2, 0.25) is 0 Å². The first-order valence-corrected chi connectivity index (χ1v) is 5.39. The highest BCUT2D eigenvalue weighted by molar-refractivity contribution is 5.65. The lowest BCUT2D eigenvalue weighted by molar-refractivity contribution is -0.141. The zero-order valence-electron chi connectivity index (χ0n) is 11.3. The summed E-state index contributed by atoms with van der Waals surface area (Å²) in [6, 6.07) is 0. The van der Waals surface area contributed by atoms with E-state index in [9.17, 15) is 14.4 Å². The molecule has 1 amide bonds. The number of aldehydes is 1. The first-order valence-electron chi connectivity index (χ1n) is 5.39. The van der Waals surface area contributed by atoms with Crippen molar-refractivity contribution in [2.45, 2.75) is 26.9 Å². The summed E-state index contributed by atoms with van der Waals surface area (Å²) in [5, 5.41) is 10.7. The molecule has 0 fully saturated rings. The molecule has 0 rings (SSSR count). The van der Waals surface area contributed by atoms with Crippen LogP contribution in [0.4, 0.5) is 0 Å². The second-order valence-corrected chi connectivity index (χ2v) is 2.93. The van der Waals surface area contributed by atoms with Crippen molar-refractivity contribution in [2.75, 3.05) is 19.8 Å². The van der Waals surface area contributed by atoms with Gasteiger partial charge in [0.05, 0.1) is 12.6 Å². The normalized spacial score (nSPS) is 9.26. The fourth-order valence-electron chi connectivity index (χ4n) is 0.491. The van der Waals surface area contributed by atoms with Crippen molar-refractivity contribution in [3.8, 4) is 0 Å². The molecule has 2 N–H and O–H groups in total. The summed E-state index contributed by atoms with van der Waals surface area (Å²) in [6.07, 6.45) is 0.758. The summed E-state index contributed by atoms with van der Waals surface area (Å²) in [6.45, 7) is 5.33. The molecule has 0 aliphatic heterocycles. The summed E-state index contributed by atoms with van der Waals surface area (Å²) < 4.78 is 8.65. The number of carbonyl (C=O) groups excluding carboxylic acids is 4. The number of carbonyl (C=O) groups is 4. The smallest absolute Gasteiger partial charge is 0.302 e. The second-order valence-electron chi connectivity index (χ2n) is 2.93. The third-order valence-electron chi connectivity index (χ3n) is 1.04. The van der Waals surface area contributed by atoms with Gasteiger partial charge in [-0.15, -0.1) is 0 Å². The van der Waals surface area contributed by atoms with Crippen LogP contribution >= 0.6 is 0 Å². The molecule has 0 aromatic heterocycles. The van der Waals surface area contributed by atoms with Gasteiger partial charge in [0.1, 0.15) is 19.5 Å².